The van der Waals surface area contributed by atoms with Gasteiger partial charge < -0.3 is 9.72 Å². The zero-order valence-electron chi connectivity index (χ0n) is 18.7. The van der Waals surface area contributed by atoms with Crippen molar-refractivity contribution in [1.82, 2.24) is 4.98 Å². The second-order valence-electron chi connectivity index (χ2n) is 7.48. The minimum atomic E-state index is -4.07. The number of benzene rings is 2. The van der Waals surface area contributed by atoms with Crippen molar-refractivity contribution < 1.29 is 27.5 Å². The topological polar surface area (TPSA) is 114 Å². The molecule has 0 atom stereocenters. The Balaban J connectivity index is 1.83. The van der Waals surface area contributed by atoms with Crippen molar-refractivity contribution in [3.63, 3.8) is 0 Å². The zero-order chi connectivity index (χ0) is 24.3. The third-order valence-electron chi connectivity index (χ3n) is 5.27. The Morgan fingerprint density at radius 1 is 0.970 bits per heavy atom. The number of esters is 1. The van der Waals surface area contributed by atoms with Gasteiger partial charge >= 0.3 is 5.97 Å². The number of para-hydroxylation sites is 1. The van der Waals surface area contributed by atoms with Crippen LogP contribution in [0.5, 0.6) is 0 Å². The summed E-state index contributed by atoms with van der Waals surface area (Å²) in [4.78, 5) is 39.8. The van der Waals surface area contributed by atoms with E-state index in [2.05, 4.69) is 4.98 Å². The lowest BCUT2D eigenvalue weighted by atomic mass is 10.1. The summed E-state index contributed by atoms with van der Waals surface area (Å²) in [6.45, 7) is 4.11. The van der Waals surface area contributed by atoms with E-state index in [-0.39, 0.29) is 21.9 Å². The number of hydrogen-bond acceptors (Lipinski definition) is 6. The van der Waals surface area contributed by atoms with Crippen LogP contribution in [-0.4, -0.2) is 44.6 Å². The number of ketones is 2. The first kappa shape index (κ1) is 23.9. The van der Waals surface area contributed by atoms with E-state index in [0.717, 1.165) is 4.31 Å². The lowest BCUT2D eigenvalue weighted by Gasteiger charge is -2.20. The SMILES string of the molecule is CC(=O)c1c(C)[nH]c(C(=O)COC(=O)c2ccccc2S(=O)(=O)N(C)c2ccccc2)c1C. The number of rotatable bonds is 8. The smallest absolute Gasteiger partial charge is 0.339 e. The monoisotopic (exact) mass is 468 g/mol. The molecule has 0 unspecified atom stereocenters. The molecular weight excluding hydrogens is 444 g/mol. The third kappa shape index (κ3) is 4.73. The first-order valence-corrected chi connectivity index (χ1v) is 11.5. The Labute approximate surface area is 192 Å². The van der Waals surface area contributed by atoms with Crippen molar-refractivity contribution in [2.75, 3.05) is 18.0 Å². The molecule has 3 aromatic rings. The molecule has 0 saturated heterocycles. The highest BCUT2D eigenvalue weighted by Gasteiger charge is 2.28. The van der Waals surface area contributed by atoms with Crippen LogP contribution in [0.2, 0.25) is 0 Å². The highest BCUT2D eigenvalue weighted by Crippen LogP contribution is 2.25. The lowest BCUT2D eigenvalue weighted by molar-refractivity contribution is 0.0469. The predicted molar refractivity (Wildman–Crippen MR) is 123 cm³/mol. The van der Waals surface area contributed by atoms with Crippen molar-refractivity contribution in [2.24, 2.45) is 0 Å². The highest BCUT2D eigenvalue weighted by molar-refractivity contribution is 7.92. The van der Waals surface area contributed by atoms with Crippen LogP contribution in [0.25, 0.3) is 0 Å². The molecule has 1 aromatic heterocycles. The quantitative estimate of drug-likeness (QED) is 0.398. The van der Waals surface area contributed by atoms with E-state index < -0.39 is 28.4 Å². The van der Waals surface area contributed by atoms with E-state index in [4.69, 9.17) is 4.74 Å². The van der Waals surface area contributed by atoms with Gasteiger partial charge in [0.1, 0.15) is 4.90 Å². The summed E-state index contributed by atoms with van der Waals surface area (Å²) in [5.74, 6) is -1.66. The van der Waals surface area contributed by atoms with E-state index in [9.17, 15) is 22.8 Å². The molecule has 172 valence electrons. The van der Waals surface area contributed by atoms with Crippen molar-refractivity contribution in [3.8, 4) is 0 Å². The molecule has 9 heteroatoms. The number of carbonyl (C=O) groups is 3. The number of carbonyl (C=O) groups excluding carboxylic acids is 3. The minimum Gasteiger partial charge on any atom is -0.454 e. The van der Waals surface area contributed by atoms with Crippen molar-refractivity contribution >= 4 is 33.2 Å². The number of aromatic amines is 1. The molecule has 0 radical (unpaired) electrons. The first-order chi connectivity index (χ1) is 15.6. The Bertz CT molecular complexity index is 1330. The molecule has 0 aliphatic heterocycles. The molecule has 0 saturated carbocycles. The largest absolute Gasteiger partial charge is 0.454 e. The zero-order valence-corrected chi connectivity index (χ0v) is 19.5. The van der Waals surface area contributed by atoms with Crippen molar-refractivity contribution in [1.29, 1.82) is 0 Å². The van der Waals surface area contributed by atoms with Gasteiger partial charge in [-0.05, 0) is 50.6 Å². The second-order valence-corrected chi connectivity index (χ2v) is 9.42. The Kier molecular flexibility index (Phi) is 6.83. The maximum Gasteiger partial charge on any atom is 0.339 e. The molecule has 3 rings (SSSR count). The maximum atomic E-state index is 13.2. The number of nitrogens with zero attached hydrogens (tertiary/aromatic N) is 1. The molecule has 1 N–H and O–H groups in total. The molecule has 0 bridgehead atoms. The van der Waals surface area contributed by atoms with Gasteiger partial charge in [0, 0.05) is 18.3 Å². The predicted octanol–water partition coefficient (Wildman–Crippen LogP) is 3.70. The molecular formula is C24H24N2O6S. The first-order valence-electron chi connectivity index (χ1n) is 10.1. The number of nitrogens with one attached hydrogen (secondary N) is 1. The van der Waals surface area contributed by atoms with E-state index in [1.165, 1.54) is 38.2 Å². The van der Waals surface area contributed by atoms with Crippen LogP contribution in [0, 0.1) is 13.8 Å². The average molecular weight is 469 g/mol. The van der Waals surface area contributed by atoms with E-state index in [1.807, 2.05) is 0 Å². The van der Waals surface area contributed by atoms with E-state index in [0.29, 0.717) is 22.5 Å². The summed E-state index contributed by atoms with van der Waals surface area (Å²) in [6, 6.07) is 14.1. The Hall–Kier alpha value is -3.72. The molecule has 0 aliphatic carbocycles. The summed E-state index contributed by atoms with van der Waals surface area (Å²) >= 11 is 0. The normalized spacial score (nSPS) is 11.2. The van der Waals surface area contributed by atoms with Crippen LogP contribution in [0.1, 0.15) is 49.4 Å². The van der Waals surface area contributed by atoms with Gasteiger partial charge in [-0.15, -0.1) is 0 Å². The molecule has 0 amide bonds. The minimum absolute atomic E-state index is 0.176. The number of hydrogen-bond donors (Lipinski definition) is 1. The summed E-state index contributed by atoms with van der Waals surface area (Å²) in [7, 11) is -2.68. The van der Waals surface area contributed by atoms with Gasteiger partial charge in [0.05, 0.1) is 16.9 Å². The molecule has 8 nitrogen and oxygen atoms in total. The van der Waals surface area contributed by atoms with Crippen molar-refractivity contribution in [2.45, 2.75) is 25.7 Å². The van der Waals surface area contributed by atoms with Gasteiger partial charge in [-0.25, -0.2) is 13.2 Å². The van der Waals surface area contributed by atoms with Crippen LogP contribution in [-0.2, 0) is 14.8 Å². The van der Waals surface area contributed by atoms with Crippen molar-refractivity contribution in [3.05, 3.63) is 82.7 Å². The van der Waals surface area contributed by atoms with Gasteiger partial charge in [-0.1, -0.05) is 30.3 Å². The number of aryl methyl sites for hydroxylation is 1. The number of ether oxygens (including phenoxy) is 1. The molecule has 33 heavy (non-hydrogen) atoms. The van der Waals surface area contributed by atoms with Gasteiger partial charge in [-0.3, -0.25) is 13.9 Å². The summed E-state index contributed by atoms with van der Waals surface area (Å²) in [6.07, 6.45) is 0. The average Bonchev–Trinajstić information content (AvgIpc) is 3.11. The third-order valence-corrected chi connectivity index (χ3v) is 7.11. The van der Waals surface area contributed by atoms with Crippen LogP contribution < -0.4 is 4.31 Å². The fraction of sp³-hybridized carbons (Fsp3) is 0.208. The van der Waals surface area contributed by atoms with Gasteiger partial charge in [-0.2, -0.15) is 0 Å². The lowest BCUT2D eigenvalue weighted by Crippen LogP contribution is -2.28. The van der Waals surface area contributed by atoms with Gasteiger partial charge in [0.25, 0.3) is 10.0 Å². The van der Waals surface area contributed by atoms with Gasteiger partial charge in [0.2, 0.25) is 5.78 Å². The Morgan fingerprint density at radius 3 is 2.18 bits per heavy atom. The van der Waals surface area contributed by atoms with Crippen LogP contribution in [0.4, 0.5) is 5.69 Å². The number of anilines is 1. The van der Waals surface area contributed by atoms with Gasteiger partial charge in [0.15, 0.2) is 12.4 Å². The van der Waals surface area contributed by atoms with Crippen LogP contribution in [0.3, 0.4) is 0 Å². The number of H-pyrrole nitrogens is 1. The highest BCUT2D eigenvalue weighted by atomic mass is 32.2. The van der Waals surface area contributed by atoms with E-state index in [1.54, 1.807) is 44.2 Å². The van der Waals surface area contributed by atoms with E-state index >= 15 is 0 Å². The molecule has 1 heterocycles. The van der Waals surface area contributed by atoms with Crippen LogP contribution in [0.15, 0.2) is 59.5 Å². The summed E-state index contributed by atoms with van der Waals surface area (Å²) in [5.41, 5.74) is 1.87. The van der Waals surface area contributed by atoms with Crippen LogP contribution >= 0.6 is 0 Å². The molecule has 2 aromatic carbocycles. The fourth-order valence-corrected chi connectivity index (χ4v) is 5.00. The molecule has 0 fully saturated rings. The Morgan fingerprint density at radius 2 is 1.58 bits per heavy atom. The summed E-state index contributed by atoms with van der Waals surface area (Å²) < 4.78 is 32.6. The fourth-order valence-electron chi connectivity index (χ4n) is 3.62. The molecule has 0 spiro atoms. The maximum absolute atomic E-state index is 13.2. The number of Topliss-reactive ketones (excluding diaryl/α,β-unsaturated/α-hetero) is 2. The number of aromatic nitrogens is 1. The summed E-state index contributed by atoms with van der Waals surface area (Å²) in [5, 5.41) is 0. The standard InChI is InChI=1S/C24H24N2O6S/c1-15-22(17(3)27)16(2)25-23(15)20(28)14-32-24(29)19-12-8-9-13-21(19)33(30,31)26(4)18-10-6-5-7-11-18/h5-13,25H,14H2,1-4H3. The number of sulfonamides is 1. The second kappa shape index (κ2) is 9.41. The molecule has 0 aliphatic rings.